The van der Waals surface area contributed by atoms with E-state index in [0.29, 0.717) is 12.6 Å². The molecule has 1 aliphatic heterocycles. The van der Waals surface area contributed by atoms with Gasteiger partial charge in [-0.2, -0.15) is 13.2 Å². The Morgan fingerprint density at radius 1 is 1.11 bits per heavy atom. The summed E-state index contributed by atoms with van der Waals surface area (Å²) in [5.41, 5.74) is 6.94. The van der Waals surface area contributed by atoms with Gasteiger partial charge in [0.05, 0.1) is 23.4 Å². The van der Waals surface area contributed by atoms with E-state index in [9.17, 15) is 27.6 Å². The van der Waals surface area contributed by atoms with Gasteiger partial charge in [-0.25, -0.2) is 4.79 Å². The smallest absolute Gasteiger partial charge is 0.351 e. The van der Waals surface area contributed by atoms with E-state index >= 15 is 0 Å². The number of nitrogens with one attached hydrogen (secondary N) is 3. The maximum atomic E-state index is 13.1. The van der Waals surface area contributed by atoms with Crippen molar-refractivity contribution in [3.63, 3.8) is 0 Å². The van der Waals surface area contributed by atoms with Gasteiger partial charge in [0.25, 0.3) is 5.91 Å². The summed E-state index contributed by atoms with van der Waals surface area (Å²) in [7, 11) is 0. The zero-order valence-electron chi connectivity index (χ0n) is 19.5. The van der Waals surface area contributed by atoms with Crippen LogP contribution in [-0.4, -0.2) is 48.4 Å². The van der Waals surface area contributed by atoms with Crippen molar-refractivity contribution in [1.82, 2.24) is 15.5 Å². The first-order chi connectivity index (χ1) is 16.4. The van der Waals surface area contributed by atoms with E-state index in [0.717, 1.165) is 31.6 Å². The maximum Gasteiger partial charge on any atom is 0.416 e. The Labute approximate surface area is 201 Å². The number of urea groups is 1. The van der Waals surface area contributed by atoms with Gasteiger partial charge in [-0.15, -0.1) is 0 Å². The van der Waals surface area contributed by atoms with Gasteiger partial charge < -0.3 is 21.7 Å². The zero-order chi connectivity index (χ0) is 25.8. The first kappa shape index (κ1) is 26.0. The molecule has 1 fully saturated rings. The Hall–Kier alpha value is -3.60. The molecule has 0 bridgehead atoms. The topological polar surface area (TPSA) is 117 Å². The fourth-order valence-corrected chi connectivity index (χ4v) is 4.04. The summed E-state index contributed by atoms with van der Waals surface area (Å²) in [6.45, 7) is 5.89. The molecule has 8 nitrogen and oxygen atoms in total. The fraction of sp³-hybridized carbons (Fsp3) is 0.375. The van der Waals surface area contributed by atoms with Crippen molar-refractivity contribution >= 4 is 23.5 Å². The largest absolute Gasteiger partial charge is 0.416 e. The number of aryl methyl sites for hydroxylation is 2. The summed E-state index contributed by atoms with van der Waals surface area (Å²) >= 11 is 0. The minimum atomic E-state index is -4.69. The molecule has 2 aromatic carbocycles. The van der Waals surface area contributed by atoms with E-state index in [2.05, 4.69) is 46.0 Å². The van der Waals surface area contributed by atoms with Crippen LogP contribution in [0.4, 0.5) is 23.7 Å². The summed E-state index contributed by atoms with van der Waals surface area (Å²) < 4.78 is 39.2. The number of benzene rings is 2. The maximum absolute atomic E-state index is 13.1. The zero-order valence-corrected chi connectivity index (χ0v) is 19.5. The second kappa shape index (κ2) is 10.8. The van der Waals surface area contributed by atoms with Crippen LogP contribution in [0, 0.1) is 13.8 Å². The van der Waals surface area contributed by atoms with E-state index in [1.807, 2.05) is 6.92 Å². The molecule has 188 valence electrons. The Kier molecular flexibility index (Phi) is 8.00. The number of rotatable bonds is 7. The van der Waals surface area contributed by atoms with Crippen LogP contribution in [0.25, 0.3) is 0 Å². The summed E-state index contributed by atoms with van der Waals surface area (Å²) in [4.78, 5) is 38.3. The number of halogens is 3. The second-order valence-corrected chi connectivity index (χ2v) is 8.65. The minimum absolute atomic E-state index is 0.106. The molecule has 0 saturated carbocycles. The number of anilines is 1. The van der Waals surface area contributed by atoms with E-state index < -0.39 is 41.7 Å². The van der Waals surface area contributed by atoms with Crippen LogP contribution in [-0.2, 0) is 17.5 Å². The average Bonchev–Trinajstić information content (AvgIpc) is 3.20. The van der Waals surface area contributed by atoms with E-state index in [1.165, 1.54) is 16.7 Å². The van der Waals surface area contributed by atoms with Crippen molar-refractivity contribution in [2.75, 3.05) is 25.0 Å². The molecule has 3 rings (SSSR count). The van der Waals surface area contributed by atoms with Gasteiger partial charge in [0.1, 0.15) is 0 Å². The van der Waals surface area contributed by atoms with Gasteiger partial charge in [0.2, 0.25) is 5.91 Å². The number of hydrogen-bond donors (Lipinski definition) is 4. The molecule has 1 aliphatic rings. The van der Waals surface area contributed by atoms with Gasteiger partial charge in [0.15, 0.2) is 0 Å². The minimum Gasteiger partial charge on any atom is -0.351 e. The molecule has 2 aromatic rings. The lowest BCUT2D eigenvalue weighted by molar-refractivity contribution is -0.137. The average molecular weight is 492 g/mol. The van der Waals surface area contributed by atoms with Crippen molar-refractivity contribution in [1.29, 1.82) is 0 Å². The number of amides is 4. The van der Waals surface area contributed by atoms with Gasteiger partial charge >= 0.3 is 12.2 Å². The third-order valence-electron chi connectivity index (χ3n) is 5.79. The molecule has 0 radical (unpaired) electrons. The molecule has 1 atom stereocenters. The summed E-state index contributed by atoms with van der Waals surface area (Å²) in [6.07, 6.45) is -3.95. The Morgan fingerprint density at radius 3 is 2.51 bits per heavy atom. The number of carbonyl (C=O) groups excluding carboxylic acids is 3. The van der Waals surface area contributed by atoms with Gasteiger partial charge in [-0.3, -0.25) is 14.5 Å². The molecule has 0 unspecified atom stereocenters. The van der Waals surface area contributed by atoms with Crippen LogP contribution in [0.15, 0.2) is 36.4 Å². The highest BCUT2D eigenvalue weighted by Gasteiger charge is 2.32. The Morgan fingerprint density at radius 2 is 1.86 bits per heavy atom. The van der Waals surface area contributed by atoms with Crippen LogP contribution < -0.4 is 21.7 Å². The highest BCUT2D eigenvalue weighted by Crippen LogP contribution is 2.32. The highest BCUT2D eigenvalue weighted by atomic mass is 19.4. The van der Waals surface area contributed by atoms with Gasteiger partial charge in [-0.05, 0) is 49.6 Å². The Balaban J connectivity index is 1.55. The molecule has 0 aromatic heterocycles. The fourth-order valence-electron chi connectivity index (χ4n) is 4.04. The summed E-state index contributed by atoms with van der Waals surface area (Å²) in [5.74, 6) is -1.41. The molecule has 4 amide bonds. The van der Waals surface area contributed by atoms with Crippen molar-refractivity contribution in [3.05, 3.63) is 64.2 Å². The van der Waals surface area contributed by atoms with E-state index in [4.69, 9.17) is 5.73 Å². The molecule has 35 heavy (non-hydrogen) atoms. The van der Waals surface area contributed by atoms with Gasteiger partial charge in [-0.1, -0.05) is 23.8 Å². The summed E-state index contributed by atoms with van der Waals surface area (Å²) in [5, 5.41) is 7.26. The molecule has 0 aliphatic carbocycles. The normalized spacial score (nSPS) is 16.1. The lowest BCUT2D eigenvalue weighted by Crippen LogP contribution is -2.43. The number of hydrogen-bond acceptors (Lipinski definition) is 4. The van der Waals surface area contributed by atoms with Crippen LogP contribution in [0.5, 0.6) is 0 Å². The van der Waals surface area contributed by atoms with Crippen molar-refractivity contribution in [3.8, 4) is 0 Å². The van der Waals surface area contributed by atoms with Crippen LogP contribution in [0.3, 0.4) is 0 Å². The quantitative estimate of drug-likeness (QED) is 0.477. The van der Waals surface area contributed by atoms with Crippen molar-refractivity contribution in [2.24, 2.45) is 5.73 Å². The highest BCUT2D eigenvalue weighted by molar-refractivity contribution is 6.04. The lowest BCUT2D eigenvalue weighted by Gasteiger charge is -2.18. The van der Waals surface area contributed by atoms with Gasteiger partial charge in [0, 0.05) is 25.7 Å². The number of nitrogens with zero attached hydrogens (tertiary/aromatic N) is 1. The van der Waals surface area contributed by atoms with E-state index in [-0.39, 0.29) is 11.7 Å². The van der Waals surface area contributed by atoms with Crippen LogP contribution >= 0.6 is 0 Å². The molecule has 1 heterocycles. The number of nitrogens with two attached hydrogens (primary N) is 1. The van der Waals surface area contributed by atoms with Crippen molar-refractivity contribution in [2.45, 2.75) is 39.0 Å². The van der Waals surface area contributed by atoms with Crippen LogP contribution in [0.1, 0.15) is 39.0 Å². The number of carbonyl (C=O) groups is 3. The predicted molar refractivity (Wildman–Crippen MR) is 125 cm³/mol. The Bertz CT molecular complexity index is 1120. The molecular formula is C24H28F3N5O3. The van der Waals surface area contributed by atoms with E-state index in [1.54, 1.807) is 0 Å². The number of likely N-dealkylation sites (tertiary alicyclic amines) is 1. The second-order valence-electron chi connectivity index (χ2n) is 8.65. The first-order valence-corrected chi connectivity index (χ1v) is 11.1. The molecule has 11 heteroatoms. The number of alkyl halides is 3. The predicted octanol–water partition coefficient (Wildman–Crippen LogP) is 2.93. The monoisotopic (exact) mass is 491 g/mol. The number of primary amides is 1. The third kappa shape index (κ3) is 7.19. The summed E-state index contributed by atoms with van der Waals surface area (Å²) in [6, 6.07) is 7.40. The SMILES string of the molecule is Cc1ccc(CN2CC[C@H](NC(=O)CNC(=O)c3cc(C(F)(F)F)ccc3NC(N)=O)C2)c(C)c1. The molecular weight excluding hydrogens is 463 g/mol. The lowest BCUT2D eigenvalue weighted by atomic mass is 10.1. The standard InChI is InChI=1S/C24H28F3N5O3/c1-14-3-4-16(15(2)9-14)12-32-8-7-18(13-32)30-21(33)11-29-22(34)19-10-17(24(25,26)27)5-6-20(19)31-23(28)35/h3-6,9-10,18H,7-8,11-13H2,1-2H3,(H,29,34)(H,30,33)(H3,28,31,35)/t18-/m0/s1. The third-order valence-corrected chi connectivity index (χ3v) is 5.79. The van der Waals surface area contributed by atoms with Crippen LogP contribution in [0.2, 0.25) is 0 Å². The molecule has 1 saturated heterocycles. The first-order valence-electron chi connectivity index (χ1n) is 11.1. The van der Waals surface area contributed by atoms with Crippen molar-refractivity contribution < 1.29 is 27.6 Å². The molecule has 5 N–H and O–H groups in total. The molecule has 0 spiro atoms.